The van der Waals surface area contributed by atoms with E-state index in [0.717, 1.165) is 17.7 Å². The maximum atomic E-state index is 12.9. The van der Waals surface area contributed by atoms with Gasteiger partial charge >= 0.3 is 0 Å². The van der Waals surface area contributed by atoms with Crippen molar-refractivity contribution in [2.45, 2.75) is 50.8 Å². The van der Waals surface area contributed by atoms with Crippen molar-refractivity contribution in [2.24, 2.45) is 5.92 Å². The Morgan fingerprint density at radius 1 is 1.04 bits per heavy atom. The number of benzene rings is 1. The van der Waals surface area contributed by atoms with Crippen LogP contribution in [-0.4, -0.2) is 62.8 Å². The summed E-state index contributed by atoms with van der Waals surface area (Å²) in [6.07, 6.45) is 6.30. The van der Waals surface area contributed by atoms with Gasteiger partial charge in [0.05, 0.1) is 11.4 Å². The molecule has 1 N–H and O–H groups in total. The van der Waals surface area contributed by atoms with Gasteiger partial charge in [-0.25, -0.2) is 8.42 Å². The average Bonchev–Trinajstić information content (AvgIpc) is 2.69. The summed E-state index contributed by atoms with van der Waals surface area (Å²) in [5.74, 6) is 0.675. The smallest absolute Gasteiger partial charge is 0.243 e. The molecule has 156 valence electrons. The van der Waals surface area contributed by atoms with Crippen LogP contribution in [0.3, 0.4) is 0 Å². The lowest BCUT2D eigenvalue weighted by atomic mass is 9.89. The molecule has 1 aromatic rings. The van der Waals surface area contributed by atoms with Crippen LogP contribution in [-0.2, 0) is 14.8 Å². The molecule has 1 saturated heterocycles. The van der Waals surface area contributed by atoms with Gasteiger partial charge in [0.15, 0.2) is 0 Å². The van der Waals surface area contributed by atoms with Gasteiger partial charge in [0.25, 0.3) is 0 Å². The zero-order valence-electron chi connectivity index (χ0n) is 17.1. The van der Waals surface area contributed by atoms with Gasteiger partial charge in [0, 0.05) is 32.7 Å². The van der Waals surface area contributed by atoms with Crippen molar-refractivity contribution in [3.8, 4) is 0 Å². The molecule has 1 heterocycles. The van der Waals surface area contributed by atoms with Gasteiger partial charge in [-0.05, 0) is 55.9 Å². The molecule has 1 aromatic carbocycles. The number of hydrogen-bond acceptors (Lipinski definition) is 4. The van der Waals surface area contributed by atoms with Gasteiger partial charge in [0.1, 0.15) is 0 Å². The van der Waals surface area contributed by atoms with Crippen molar-refractivity contribution in [1.82, 2.24) is 14.5 Å². The molecule has 0 radical (unpaired) electrons. The van der Waals surface area contributed by atoms with E-state index >= 15 is 0 Å². The van der Waals surface area contributed by atoms with E-state index in [1.807, 2.05) is 24.8 Å². The number of carbonyl (C=O) groups is 1. The minimum absolute atomic E-state index is 0.0519. The lowest BCUT2D eigenvalue weighted by molar-refractivity contribution is -0.122. The maximum absolute atomic E-state index is 12.9. The second kappa shape index (κ2) is 9.37. The molecule has 0 atom stereocenters. The van der Waals surface area contributed by atoms with E-state index in [0.29, 0.717) is 43.5 Å². The highest BCUT2D eigenvalue weighted by Gasteiger charge is 2.29. The van der Waals surface area contributed by atoms with Crippen LogP contribution < -0.4 is 5.32 Å². The third-order valence-electron chi connectivity index (χ3n) is 6.13. The number of amides is 1. The Bertz CT molecular complexity index is 780. The first kappa shape index (κ1) is 21.3. The first-order valence-electron chi connectivity index (χ1n) is 10.4. The zero-order chi connectivity index (χ0) is 20.1. The number of piperazine rings is 1. The lowest BCUT2D eigenvalue weighted by Crippen LogP contribution is -2.51. The molecule has 0 spiro atoms. The van der Waals surface area contributed by atoms with Crippen LogP contribution in [0.5, 0.6) is 0 Å². The van der Waals surface area contributed by atoms with Crippen LogP contribution in [0.4, 0.5) is 0 Å². The minimum atomic E-state index is -3.47. The summed E-state index contributed by atoms with van der Waals surface area (Å²) >= 11 is 0. The first-order chi connectivity index (χ1) is 13.4. The fourth-order valence-corrected chi connectivity index (χ4v) is 5.57. The number of carbonyl (C=O) groups excluding carboxylic acids is 1. The van der Waals surface area contributed by atoms with E-state index in [1.165, 1.54) is 36.4 Å². The number of rotatable bonds is 6. The van der Waals surface area contributed by atoms with Crippen molar-refractivity contribution in [1.29, 1.82) is 0 Å². The SMILES string of the molecule is Cc1ccc(S(=O)(=O)N2CCN(CC(=O)NCC3CCCCC3)CC2)cc1C. The second-order valence-electron chi connectivity index (χ2n) is 8.23. The normalized spacial score (nSPS) is 20.2. The quantitative estimate of drug-likeness (QED) is 0.786. The van der Waals surface area contributed by atoms with Gasteiger partial charge < -0.3 is 5.32 Å². The predicted molar refractivity (Wildman–Crippen MR) is 111 cm³/mol. The molecule has 2 fully saturated rings. The summed E-state index contributed by atoms with van der Waals surface area (Å²) in [4.78, 5) is 14.6. The highest BCUT2D eigenvalue weighted by molar-refractivity contribution is 7.89. The van der Waals surface area contributed by atoms with Crippen molar-refractivity contribution in [3.63, 3.8) is 0 Å². The van der Waals surface area contributed by atoms with E-state index in [2.05, 4.69) is 5.32 Å². The van der Waals surface area contributed by atoms with Gasteiger partial charge in [-0.2, -0.15) is 4.31 Å². The summed E-state index contributed by atoms with van der Waals surface area (Å²) in [7, 11) is -3.47. The molecule has 2 aliphatic rings. The van der Waals surface area contributed by atoms with Crippen molar-refractivity contribution in [3.05, 3.63) is 29.3 Å². The highest BCUT2D eigenvalue weighted by Crippen LogP contribution is 2.23. The van der Waals surface area contributed by atoms with Gasteiger partial charge in [-0.1, -0.05) is 25.3 Å². The summed E-state index contributed by atoms with van der Waals surface area (Å²) in [5, 5.41) is 3.07. The highest BCUT2D eigenvalue weighted by atomic mass is 32.2. The average molecular weight is 408 g/mol. The molecule has 1 aliphatic heterocycles. The van der Waals surface area contributed by atoms with Crippen LogP contribution in [0.2, 0.25) is 0 Å². The Hall–Kier alpha value is -1.44. The van der Waals surface area contributed by atoms with E-state index < -0.39 is 10.0 Å². The molecule has 6 nitrogen and oxygen atoms in total. The van der Waals surface area contributed by atoms with Crippen molar-refractivity contribution < 1.29 is 13.2 Å². The largest absolute Gasteiger partial charge is 0.355 e. The van der Waals surface area contributed by atoms with E-state index in [1.54, 1.807) is 12.1 Å². The Labute approximate surface area is 169 Å². The fourth-order valence-electron chi connectivity index (χ4n) is 4.06. The third-order valence-corrected chi connectivity index (χ3v) is 8.02. The fraction of sp³-hybridized carbons (Fsp3) is 0.667. The van der Waals surface area contributed by atoms with Crippen molar-refractivity contribution in [2.75, 3.05) is 39.3 Å². The number of sulfonamides is 1. The minimum Gasteiger partial charge on any atom is -0.355 e. The molecule has 0 aromatic heterocycles. The molecule has 28 heavy (non-hydrogen) atoms. The van der Waals surface area contributed by atoms with Crippen LogP contribution in [0, 0.1) is 19.8 Å². The number of aryl methyl sites for hydroxylation is 2. The number of nitrogens with one attached hydrogen (secondary N) is 1. The zero-order valence-corrected chi connectivity index (χ0v) is 17.9. The topological polar surface area (TPSA) is 69.7 Å². The summed E-state index contributed by atoms with van der Waals surface area (Å²) in [5.41, 5.74) is 2.07. The van der Waals surface area contributed by atoms with Crippen molar-refractivity contribution >= 4 is 15.9 Å². The number of hydrogen-bond donors (Lipinski definition) is 1. The van der Waals surface area contributed by atoms with E-state index in [4.69, 9.17) is 0 Å². The Balaban J connectivity index is 1.47. The van der Waals surface area contributed by atoms with Gasteiger partial charge in [-0.15, -0.1) is 0 Å². The van der Waals surface area contributed by atoms with Crippen LogP contribution in [0.1, 0.15) is 43.2 Å². The van der Waals surface area contributed by atoms with E-state index in [-0.39, 0.29) is 5.91 Å². The van der Waals surface area contributed by atoms with Gasteiger partial charge in [0.2, 0.25) is 15.9 Å². The number of nitrogens with zero attached hydrogens (tertiary/aromatic N) is 2. The first-order valence-corrected chi connectivity index (χ1v) is 11.9. The molecular formula is C21H33N3O3S. The maximum Gasteiger partial charge on any atom is 0.243 e. The summed E-state index contributed by atoms with van der Waals surface area (Å²) < 4.78 is 27.3. The Kier molecular flexibility index (Phi) is 7.12. The Morgan fingerprint density at radius 2 is 1.71 bits per heavy atom. The molecular weight excluding hydrogens is 374 g/mol. The molecule has 1 aliphatic carbocycles. The second-order valence-corrected chi connectivity index (χ2v) is 10.2. The molecule has 1 saturated carbocycles. The molecule has 0 bridgehead atoms. The standard InChI is InChI=1S/C21H33N3O3S/c1-17-8-9-20(14-18(17)2)28(26,27)24-12-10-23(11-13-24)16-21(25)22-15-19-6-4-3-5-7-19/h8-9,14,19H,3-7,10-13,15-16H2,1-2H3,(H,22,25). The van der Waals surface area contributed by atoms with E-state index in [9.17, 15) is 13.2 Å². The molecule has 7 heteroatoms. The van der Waals surface area contributed by atoms with Crippen LogP contribution >= 0.6 is 0 Å². The molecule has 3 rings (SSSR count). The lowest BCUT2D eigenvalue weighted by Gasteiger charge is -2.33. The van der Waals surface area contributed by atoms with Crippen LogP contribution in [0.15, 0.2) is 23.1 Å². The molecule has 0 unspecified atom stereocenters. The Morgan fingerprint density at radius 3 is 2.36 bits per heavy atom. The summed E-state index contributed by atoms with van der Waals surface area (Å²) in [6, 6.07) is 5.29. The third kappa shape index (κ3) is 5.33. The van der Waals surface area contributed by atoms with Crippen LogP contribution in [0.25, 0.3) is 0 Å². The molecule has 1 amide bonds. The summed E-state index contributed by atoms with van der Waals surface area (Å²) in [6.45, 7) is 7.05. The monoisotopic (exact) mass is 407 g/mol. The van der Waals surface area contributed by atoms with Gasteiger partial charge in [-0.3, -0.25) is 9.69 Å². The predicted octanol–water partition coefficient (Wildman–Crippen LogP) is 2.31.